The highest BCUT2D eigenvalue weighted by Crippen LogP contribution is 2.21. The quantitative estimate of drug-likeness (QED) is 0.726. The highest BCUT2D eigenvalue weighted by atomic mass is 32.2. The molecule has 0 bridgehead atoms. The maximum Gasteiger partial charge on any atom is 0.0535 e. The predicted octanol–water partition coefficient (Wildman–Crippen LogP) is 1.43. The molecule has 1 aliphatic carbocycles. The van der Waals surface area contributed by atoms with Crippen LogP contribution in [0.5, 0.6) is 0 Å². The average molecular weight is 195 g/mol. The van der Waals surface area contributed by atoms with Crippen LogP contribution in [0.2, 0.25) is 0 Å². The smallest absolute Gasteiger partial charge is 0.0535 e. The Morgan fingerprint density at radius 3 is 2.46 bits per heavy atom. The lowest BCUT2D eigenvalue weighted by Crippen LogP contribution is -2.25. The molecule has 0 heterocycles. The minimum absolute atomic E-state index is 0.421. The Balaban J connectivity index is 2.23. The Morgan fingerprint density at radius 2 is 1.92 bits per heavy atom. The highest BCUT2D eigenvalue weighted by Gasteiger charge is 2.24. The largest absolute Gasteiger partial charge is 0.248 e. The van der Waals surface area contributed by atoms with Crippen molar-refractivity contribution in [1.82, 2.24) is 4.72 Å². The summed E-state index contributed by atoms with van der Waals surface area (Å²) >= 11 is 0. The molecule has 1 fully saturated rings. The summed E-state index contributed by atoms with van der Waals surface area (Å²) in [5.41, 5.74) is 0. The summed E-state index contributed by atoms with van der Waals surface area (Å²) in [6, 6.07) is 9.81. The fraction of sp³-hybridized carbons (Fsp3) is 0.300. The molecule has 0 saturated heterocycles. The minimum Gasteiger partial charge on any atom is -0.248 e. The van der Waals surface area contributed by atoms with Gasteiger partial charge in [0.1, 0.15) is 0 Å². The summed E-state index contributed by atoms with van der Waals surface area (Å²) in [4.78, 5) is 0.793. The van der Waals surface area contributed by atoms with Gasteiger partial charge in [0.15, 0.2) is 0 Å². The van der Waals surface area contributed by atoms with E-state index in [2.05, 4.69) is 10.6 Å². The molecule has 0 aliphatic heterocycles. The average Bonchev–Trinajstić information content (AvgIpc) is 2.89. The van der Waals surface area contributed by atoms with Crippen LogP contribution in [0.3, 0.4) is 0 Å². The molecule has 2 rings (SSSR count). The van der Waals surface area contributed by atoms with Gasteiger partial charge in [-0.3, -0.25) is 0 Å². The first kappa shape index (κ1) is 8.78. The number of hydrogen-bond donors (Lipinski definition) is 1. The van der Waals surface area contributed by atoms with Gasteiger partial charge in [-0.1, -0.05) is 18.2 Å². The van der Waals surface area contributed by atoms with Crippen LogP contribution in [0.1, 0.15) is 12.8 Å². The summed E-state index contributed by atoms with van der Waals surface area (Å²) in [6.07, 6.45) is 2.25. The highest BCUT2D eigenvalue weighted by molar-refractivity contribution is 7.98. The van der Waals surface area contributed by atoms with Crippen LogP contribution in [-0.2, 0) is 9.71 Å². The van der Waals surface area contributed by atoms with Gasteiger partial charge in [0, 0.05) is 10.9 Å². The lowest BCUT2D eigenvalue weighted by Gasteiger charge is -2.09. The van der Waals surface area contributed by atoms with E-state index in [1.54, 1.807) is 0 Å². The fourth-order valence-corrected chi connectivity index (χ4v) is 2.69. The topological polar surface area (TPSA) is 29.1 Å². The van der Waals surface area contributed by atoms with Crippen molar-refractivity contribution in [3.8, 4) is 0 Å². The van der Waals surface area contributed by atoms with Crippen LogP contribution < -0.4 is 4.72 Å². The number of hydrogen-bond acceptors (Lipinski definition) is 1. The molecule has 70 valence electrons. The normalized spacial score (nSPS) is 20.9. The van der Waals surface area contributed by atoms with Crippen molar-refractivity contribution < 1.29 is 4.21 Å². The SMILES string of the molecule is C=S(=O)(NC1CC1)c1ccccc1. The molecular formula is C10H13NOS. The molecule has 0 spiro atoms. The van der Waals surface area contributed by atoms with Crippen molar-refractivity contribution in [2.45, 2.75) is 23.8 Å². The molecule has 0 radical (unpaired) electrons. The summed E-state index contributed by atoms with van der Waals surface area (Å²) < 4.78 is 15.1. The molecule has 0 amide bonds. The zero-order valence-electron chi connectivity index (χ0n) is 7.40. The second-order valence-electron chi connectivity index (χ2n) is 3.38. The predicted molar refractivity (Wildman–Crippen MR) is 56.1 cm³/mol. The Bertz CT molecular complexity index is 379. The van der Waals surface area contributed by atoms with Crippen LogP contribution in [0.25, 0.3) is 0 Å². The summed E-state index contributed by atoms with van der Waals surface area (Å²) in [6.45, 7) is 0. The van der Waals surface area contributed by atoms with Crippen molar-refractivity contribution in [3.63, 3.8) is 0 Å². The molecule has 1 saturated carbocycles. The van der Waals surface area contributed by atoms with Gasteiger partial charge in [-0.15, -0.1) is 0 Å². The molecular weight excluding hydrogens is 182 g/mol. The molecule has 2 nitrogen and oxygen atoms in total. The van der Waals surface area contributed by atoms with Gasteiger partial charge in [0.05, 0.1) is 9.71 Å². The van der Waals surface area contributed by atoms with Gasteiger partial charge >= 0.3 is 0 Å². The van der Waals surface area contributed by atoms with E-state index < -0.39 is 9.71 Å². The maximum absolute atomic E-state index is 12.0. The van der Waals surface area contributed by atoms with Crippen LogP contribution in [0.4, 0.5) is 0 Å². The molecule has 3 heteroatoms. The molecule has 1 aromatic rings. The first-order chi connectivity index (χ1) is 6.18. The summed E-state index contributed by atoms with van der Waals surface area (Å²) in [5.74, 6) is 3.74. The Kier molecular flexibility index (Phi) is 2.14. The third kappa shape index (κ3) is 2.11. The summed E-state index contributed by atoms with van der Waals surface area (Å²) in [5, 5.41) is 0. The maximum atomic E-state index is 12.0. The van der Waals surface area contributed by atoms with E-state index in [9.17, 15) is 4.21 Å². The molecule has 1 N–H and O–H groups in total. The van der Waals surface area contributed by atoms with Crippen LogP contribution in [-0.4, -0.2) is 16.1 Å². The zero-order chi connectivity index (χ0) is 9.31. The Morgan fingerprint density at radius 1 is 1.31 bits per heavy atom. The van der Waals surface area contributed by atoms with E-state index in [0.717, 1.165) is 17.7 Å². The van der Waals surface area contributed by atoms with Gasteiger partial charge in [-0.25, -0.2) is 8.93 Å². The van der Waals surface area contributed by atoms with E-state index in [1.165, 1.54) is 0 Å². The van der Waals surface area contributed by atoms with E-state index in [4.69, 9.17) is 0 Å². The summed E-state index contributed by atoms with van der Waals surface area (Å²) in [7, 11) is -2.25. The first-order valence-corrected chi connectivity index (χ1v) is 6.11. The molecule has 1 aliphatic rings. The Labute approximate surface area is 79.1 Å². The monoisotopic (exact) mass is 195 g/mol. The van der Waals surface area contributed by atoms with Gasteiger partial charge < -0.3 is 0 Å². The minimum atomic E-state index is -2.25. The van der Waals surface area contributed by atoms with Gasteiger partial charge in [0.2, 0.25) is 0 Å². The standard InChI is InChI=1S/C10H13NOS/c1-13(12,11-9-7-8-9)10-5-3-2-4-6-10/h2-6,9H,1,7-8H2,(H,11,12). The van der Waals surface area contributed by atoms with E-state index in [1.807, 2.05) is 30.3 Å². The van der Waals surface area contributed by atoms with Gasteiger partial charge in [-0.05, 0) is 30.8 Å². The van der Waals surface area contributed by atoms with E-state index >= 15 is 0 Å². The lowest BCUT2D eigenvalue weighted by molar-refractivity contribution is 0.669. The van der Waals surface area contributed by atoms with Crippen LogP contribution >= 0.6 is 0 Å². The van der Waals surface area contributed by atoms with Crippen molar-refractivity contribution in [2.75, 3.05) is 0 Å². The lowest BCUT2D eigenvalue weighted by atomic mass is 10.4. The zero-order valence-corrected chi connectivity index (χ0v) is 8.22. The fourth-order valence-electron chi connectivity index (χ4n) is 1.18. The van der Waals surface area contributed by atoms with Crippen LogP contribution in [0, 0.1) is 0 Å². The first-order valence-electron chi connectivity index (χ1n) is 4.38. The van der Waals surface area contributed by atoms with Crippen LogP contribution in [0.15, 0.2) is 35.2 Å². The van der Waals surface area contributed by atoms with E-state index in [-0.39, 0.29) is 0 Å². The molecule has 1 aromatic carbocycles. The molecule has 13 heavy (non-hydrogen) atoms. The third-order valence-electron chi connectivity index (χ3n) is 2.06. The van der Waals surface area contributed by atoms with Crippen molar-refractivity contribution >= 4 is 15.6 Å². The number of nitrogens with one attached hydrogen (secondary N) is 1. The number of rotatable bonds is 3. The Hall–Kier alpha value is -0.800. The second kappa shape index (κ2) is 3.16. The van der Waals surface area contributed by atoms with Gasteiger partial charge in [0.25, 0.3) is 0 Å². The van der Waals surface area contributed by atoms with Crippen molar-refractivity contribution in [1.29, 1.82) is 0 Å². The molecule has 1 unspecified atom stereocenters. The van der Waals surface area contributed by atoms with E-state index in [0.29, 0.717) is 6.04 Å². The van der Waals surface area contributed by atoms with Crippen molar-refractivity contribution in [3.05, 3.63) is 30.3 Å². The van der Waals surface area contributed by atoms with Gasteiger partial charge in [-0.2, -0.15) is 0 Å². The second-order valence-corrected chi connectivity index (χ2v) is 5.44. The van der Waals surface area contributed by atoms with Crippen molar-refractivity contribution in [2.24, 2.45) is 0 Å². The molecule has 0 aromatic heterocycles. The number of benzene rings is 1. The third-order valence-corrected chi connectivity index (χ3v) is 3.81. The molecule has 1 atom stereocenters.